The number of nitrogens with one attached hydrogen (secondary N) is 2. The zero-order chi connectivity index (χ0) is 16.6. The normalized spacial score (nSPS) is 14.6. The summed E-state index contributed by atoms with van der Waals surface area (Å²) in [6.07, 6.45) is -0.300. The lowest BCUT2D eigenvalue weighted by molar-refractivity contribution is -0.143. The summed E-state index contributed by atoms with van der Waals surface area (Å²) in [5.74, 6) is -3.61. The van der Waals surface area contributed by atoms with E-state index in [1.807, 2.05) is 5.32 Å². The summed E-state index contributed by atoms with van der Waals surface area (Å²) in [6.45, 7) is 0.580. The number of aliphatic hydroxyl groups is 1. The van der Waals surface area contributed by atoms with E-state index in [9.17, 15) is 19.2 Å². The van der Waals surface area contributed by atoms with E-state index in [2.05, 4.69) is 5.32 Å². The maximum absolute atomic E-state index is 11.9. The van der Waals surface area contributed by atoms with E-state index >= 15 is 0 Å². The molecule has 0 aromatic rings. The van der Waals surface area contributed by atoms with Gasteiger partial charge in [0.15, 0.2) is 0 Å². The Hall–Kier alpha value is -2.20. The first kappa shape index (κ1) is 18.8. The average Bonchev–Trinajstić information content (AvgIpc) is 2.39. The van der Waals surface area contributed by atoms with Crippen molar-refractivity contribution in [3.8, 4) is 0 Å². The van der Waals surface area contributed by atoms with Crippen LogP contribution in [-0.2, 0) is 19.2 Å². The van der Waals surface area contributed by atoms with Gasteiger partial charge in [-0.1, -0.05) is 0 Å². The fourth-order valence-corrected chi connectivity index (χ4v) is 1.32. The minimum Gasteiger partial charge on any atom is -0.480 e. The van der Waals surface area contributed by atoms with Crippen molar-refractivity contribution < 1.29 is 29.4 Å². The van der Waals surface area contributed by atoms with Crippen molar-refractivity contribution in [1.82, 2.24) is 10.6 Å². The van der Waals surface area contributed by atoms with Gasteiger partial charge in [0.25, 0.3) is 0 Å². The van der Waals surface area contributed by atoms with E-state index < -0.39 is 48.4 Å². The maximum atomic E-state index is 11.9. The standard InChI is InChI=1S/C11H20N4O6/c1-5(12)9(18)14-6(2-3-8(13)17)10(19)15-7(4-16)11(20)21/h5-7,16H,2-4,12H2,1H3,(H2,13,17)(H,14,18)(H,15,19)(H,20,21). The first-order valence-electron chi connectivity index (χ1n) is 6.17. The SMILES string of the molecule is CC(N)C(=O)NC(CCC(N)=O)C(=O)NC(CO)C(=O)O. The molecule has 0 aromatic heterocycles. The third-order valence-electron chi connectivity index (χ3n) is 2.52. The topological polar surface area (TPSA) is 185 Å². The highest BCUT2D eigenvalue weighted by molar-refractivity contribution is 5.92. The van der Waals surface area contributed by atoms with Gasteiger partial charge in [-0.25, -0.2) is 4.79 Å². The van der Waals surface area contributed by atoms with Gasteiger partial charge in [0.1, 0.15) is 12.1 Å². The maximum Gasteiger partial charge on any atom is 0.328 e. The Morgan fingerprint density at radius 2 is 1.62 bits per heavy atom. The molecule has 3 atom stereocenters. The molecular weight excluding hydrogens is 284 g/mol. The van der Waals surface area contributed by atoms with Crippen LogP contribution >= 0.6 is 0 Å². The van der Waals surface area contributed by atoms with Crippen LogP contribution in [0.5, 0.6) is 0 Å². The Labute approximate surface area is 120 Å². The van der Waals surface area contributed by atoms with Crippen molar-refractivity contribution in [3.63, 3.8) is 0 Å². The Bertz CT molecular complexity index is 412. The van der Waals surface area contributed by atoms with Crippen molar-refractivity contribution in [3.05, 3.63) is 0 Å². The highest BCUT2D eigenvalue weighted by atomic mass is 16.4. The first-order valence-corrected chi connectivity index (χ1v) is 6.17. The van der Waals surface area contributed by atoms with Crippen LogP contribution in [0.1, 0.15) is 19.8 Å². The molecule has 0 saturated carbocycles. The molecular formula is C11H20N4O6. The predicted octanol–water partition coefficient (Wildman–Crippen LogP) is -3.35. The minimum absolute atomic E-state index is 0.114. The fraction of sp³-hybridized carbons (Fsp3) is 0.636. The van der Waals surface area contributed by atoms with E-state index in [0.717, 1.165) is 0 Å². The molecule has 0 aliphatic carbocycles. The minimum atomic E-state index is -1.51. The molecule has 0 heterocycles. The molecule has 0 spiro atoms. The summed E-state index contributed by atoms with van der Waals surface area (Å²) in [7, 11) is 0. The Balaban J connectivity index is 4.83. The molecule has 10 nitrogen and oxygen atoms in total. The summed E-state index contributed by atoms with van der Waals surface area (Å²) < 4.78 is 0. The highest BCUT2D eigenvalue weighted by Crippen LogP contribution is 1.99. The zero-order valence-electron chi connectivity index (χ0n) is 11.5. The quantitative estimate of drug-likeness (QED) is 0.257. The van der Waals surface area contributed by atoms with Crippen molar-refractivity contribution in [2.75, 3.05) is 6.61 Å². The molecule has 3 amide bonds. The molecule has 0 bridgehead atoms. The molecule has 120 valence electrons. The van der Waals surface area contributed by atoms with Gasteiger partial charge in [-0.15, -0.1) is 0 Å². The molecule has 0 rings (SSSR count). The summed E-state index contributed by atoms with van der Waals surface area (Å²) >= 11 is 0. The molecule has 0 radical (unpaired) electrons. The predicted molar refractivity (Wildman–Crippen MR) is 70.7 cm³/mol. The molecule has 10 heteroatoms. The molecule has 0 aliphatic heterocycles. The second-order valence-corrected chi connectivity index (χ2v) is 4.44. The number of aliphatic hydroxyl groups excluding tert-OH is 1. The van der Waals surface area contributed by atoms with Gasteiger partial charge in [-0.2, -0.15) is 0 Å². The van der Waals surface area contributed by atoms with Gasteiger partial charge in [0.2, 0.25) is 17.7 Å². The van der Waals surface area contributed by atoms with Gasteiger partial charge in [-0.3, -0.25) is 14.4 Å². The van der Waals surface area contributed by atoms with Crippen LogP contribution in [0.25, 0.3) is 0 Å². The number of hydrogen-bond acceptors (Lipinski definition) is 6. The summed E-state index contributed by atoms with van der Waals surface area (Å²) in [5.41, 5.74) is 10.3. The van der Waals surface area contributed by atoms with E-state index in [0.29, 0.717) is 0 Å². The van der Waals surface area contributed by atoms with Crippen LogP contribution in [0.2, 0.25) is 0 Å². The number of carbonyl (C=O) groups is 4. The van der Waals surface area contributed by atoms with Gasteiger partial charge >= 0.3 is 5.97 Å². The third-order valence-corrected chi connectivity index (χ3v) is 2.52. The van der Waals surface area contributed by atoms with Crippen molar-refractivity contribution in [2.45, 2.75) is 37.9 Å². The number of aliphatic carboxylic acids is 1. The lowest BCUT2D eigenvalue weighted by Crippen LogP contribution is -2.54. The lowest BCUT2D eigenvalue weighted by Gasteiger charge is -2.21. The summed E-state index contributed by atoms with van der Waals surface area (Å²) in [4.78, 5) is 44.9. The molecule has 8 N–H and O–H groups in total. The van der Waals surface area contributed by atoms with Gasteiger partial charge in [0, 0.05) is 6.42 Å². The van der Waals surface area contributed by atoms with E-state index in [1.54, 1.807) is 0 Å². The Kier molecular flexibility index (Phi) is 7.94. The second kappa shape index (κ2) is 8.87. The average molecular weight is 304 g/mol. The lowest BCUT2D eigenvalue weighted by atomic mass is 10.1. The largest absolute Gasteiger partial charge is 0.480 e. The third kappa shape index (κ3) is 7.22. The smallest absolute Gasteiger partial charge is 0.328 e. The summed E-state index contributed by atoms with van der Waals surface area (Å²) in [6, 6.07) is -3.58. The van der Waals surface area contributed by atoms with Crippen LogP contribution in [0.3, 0.4) is 0 Å². The van der Waals surface area contributed by atoms with Crippen molar-refractivity contribution in [1.29, 1.82) is 0 Å². The van der Waals surface area contributed by atoms with Gasteiger partial charge < -0.3 is 32.3 Å². The number of hydrogen-bond donors (Lipinski definition) is 6. The Morgan fingerprint density at radius 1 is 1.10 bits per heavy atom. The number of carboxylic acids is 1. The van der Waals surface area contributed by atoms with Crippen molar-refractivity contribution in [2.24, 2.45) is 11.5 Å². The van der Waals surface area contributed by atoms with Crippen LogP contribution in [0, 0.1) is 0 Å². The molecule has 0 aromatic carbocycles. The number of nitrogens with two attached hydrogens (primary N) is 2. The molecule has 0 fully saturated rings. The zero-order valence-corrected chi connectivity index (χ0v) is 11.5. The van der Waals surface area contributed by atoms with Crippen LogP contribution in [0.15, 0.2) is 0 Å². The number of carbonyl (C=O) groups excluding carboxylic acids is 3. The van der Waals surface area contributed by atoms with Crippen molar-refractivity contribution >= 4 is 23.7 Å². The Morgan fingerprint density at radius 3 is 2.00 bits per heavy atom. The number of rotatable bonds is 9. The number of primary amides is 1. The van der Waals surface area contributed by atoms with Crippen LogP contribution in [-0.4, -0.2) is 58.6 Å². The van der Waals surface area contributed by atoms with Gasteiger partial charge in [0.05, 0.1) is 12.6 Å². The monoisotopic (exact) mass is 304 g/mol. The molecule has 3 unspecified atom stereocenters. The molecule has 21 heavy (non-hydrogen) atoms. The van der Waals surface area contributed by atoms with Gasteiger partial charge in [-0.05, 0) is 13.3 Å². The number of amides is 3. The van der Waals surface area contributed by atoms with E-state index in [-0.39, 0.29) is 12.8 Å². The molecule has 0 saturated heterocycles. The second-order valence-electron chi connectivity index (χ2n) is 4.44. The summed E-state index contributed by atoms with van der Waals surface area (Å²) in [5, 5.41) is 21.9. The van der Waals surface area contributed by atoms with E-state index in [1.165, 1.54) is 6.92 Å². The molecule has 0 aliphatic rings. The first-order chi connectivity index (χ1) is 9.68. The fourth-order valence-electron chi connectivity index (χ4n) is 1.32. The highest BCUT2D eigenvalue weighted by Gasteiger charge is 2.26. The van der Waals surface area contributed by atoms with Crippen LogP contribution < -0.4 is 22.1 Å². The van der Waals surface area contributed by atoms with Crippen LogP contribution in [0.4, 0.5) is 0 Å². The number of carboxylic acid groups (broad SMARTS) is 1. The van der Waals surface area contributed by atoms with E-state index in [4.69, 9.17) is 21.7 Å².